The Morgan fingerprint density at radius 1 is 1.38 bits per heavy atom. The molecule has 1 saturated heterocycles. The Kier molecular flexibility index (Phi) is 7.10. The fourth-order valence-corrected chi connectivity index (χ4v) is 2.37. The average Bonchev–Trinajstić information content (AvgIpc) is 3.14. The number of carboxylic acids is 1. The molecule has 0 spiro atoms. The number of hydrogen-bond donors (Lipinski definition) is 3. The highest BCUT2D eigenvalue weighted by Crippen LogP contribution is 2.18. The zero-order chi connectivity index (χ0) is 18.9. The van der Waals surface area contributed by atoms with Crippen molar-refractivity contribution < 1.29 is 29.0 Å². The van der Waals surface area contributed by atoms with Crippen molar-refractivity contribution in [3.8, 4) is 5.75 Å². The first-order valence-corrected chi connectivity index (χ1v) is 8.24. The highest BCUT2D eigenvalue weighted by molar-refractivity contribution is 6.35. The van der Waals surface area contributed by atoms with Gasteiger partial charge in [0.15, 0.2) is 0 Å². The fraction of sp³-hybridized carbons (Fsp3) is 0.412. The molecule has 1 fully saturated rings. The van der Waals surface area contributed by atoms with Gasteiger partial charge in [-0.15, -0.1) is 0 Å². The Labute approximate surface area is 150 Å². The molecule has 2 amide bonds. The molecule has 1 aromatic rings. The van der Waals surface area contributed by atoms with Gasteiger partial charge in [-0.3, -0.25) is 9.59 Å². The van der Waals surface area contributed by atoms with Crippen LogP contribution in [0.2, 0.25) is 0 Å². The van der Waals surface area contributed by atoms with Crippen LogP contribution in [0.5, 0.6) is 5.75 Å². The molecule has 3 N–H and O–H groups in total. The van der Waals surface area contributed by atoms with Crippen LogP contribution in [0.1, 0.15) is 35.7 Å². The monoisotopic (exact) mass is 363 g/mol. The summed E-state index contributed by atoms with van der Waals surface area (Å²) in [7, 11) is 0. The lowest BCUT2D eigenvalue weighted by Gasteiger charge is -2.10. The van der Waals surface area contributed by atoms with Crippen molar-refractivity contribution in [1.82, 2.24) is 10.7 Å². The second-order valence-corrected chi connectivity index (χ2v) is 5.53. The number of nitrogens with zero attached hydrogens (tertiary/aromatic N) is 1. The van der Waals surface area contributed by atoms with Crippen LogP contribution in [0.3, 0.4) is 0 Å². The number of hydrogen-bond acceptors (Lipinski definition) is 6. The van der Waals surface area contributed by atoms with Crippen LogP contribution in [-0.2, 0) is 14.3 Å². The van der Waals surface area contributed by atoms with Crippen LogP contribution in [-0.4, -0.2) is 55.0 Å². The van der Waals surface area contributed by atoms with E-state index in [-0.39, 0.29) is 18.2 Å². The van der Waals surface area contributed by atoms with Gasteiger partial charge in [-0.2, -0.15) is 5.10 Å². The van der Waals surface area contributed by atoms with Gasteiger partial charge >= 0.3 is 17.8 Å². The van der Waals surface area contributed by atoms with Gasteiger partial charge in [0.1, 0.15) is 5.75 Å². The minimum Gasteiger partial charge on any atom is -0.493 e. The maximum atomic E-state index is 11.7. The van der Waals surface area contributed by atoms with E-state index in [9.17, 15) is 14.4 Å². The smallest absolute Gasteiger partial charge is 0.335 e. The number of nitrogens with one attached hydrogen (secondary N) is 2. The Morgan fingerprint density at radius 2 is 2.19 bits per heavy atom. The molecule has 140 valence electrons. The number of carbonyl (C=O) groups is 3. The first-order chi connectivity index (χ1) is 12.5. The summed E-state index contributed by atoms with van der Waals surface area (Å²) in [6.45, 7) is 3.09. The van der Waals surface area contributed by atoms with Crippen LogP contribution in [0.25, 0.3) is 0 Å². The van der Waals surface area contributed by atoms with E-state index in [0.29, 0.717) is 24.5 Å². The van der Waals surface area contributed by atoms with Gasteiger partial charge in [0.25, 0.3) is 0 Å². The maximum absolute atomic E-state index is 11.7. The van der Waals surface area contributed by atoms with E-state index in [2.05, 4.69) is 15.8 Å². The predicted octanol–water partition coefficient (Wildman–Crippen LogP) is 0.529. The summed E-state index contributed by atoms with van der Waals surface area (Å²) in [5, 5.41) is 15.2. The summed E-state index contributed by atoms with van der Waals surface area (Å²) < 4.78 is 10.7. The number of amides is 2. The van der Waals surface area contributed by atoms with Crippen molar-refractivity contribution in [3.05, 3.63) is 29.3 Å². The second kappa shape index (κ2) is 9.52. The maximum Gasteiger partial charge on any atom is 0.335 e. The summed E-state index contributed by atoms with van der Waals surface area (Å²) in [6.07, 6.45) is 2.94. The van der Waals surface area contributed by atoms with Crippen molar-refractivity contribution in [2.75, 3.05) is 19.8 Å². The molecule has 1 aliphatic rings. The van der Waals surface area contributed by atoms with Crippen molar-refractivity contribution in [2.45, 2.75) is 25.9 Å². The third kappa shape index (κ3) is 5.55. The van der Waals surface area contributed by atoms with Gasteiger partial charge in [-0.25, -0.2) is 10.2 Å². The quantitative estimate of drug-likeness (QED) is 0.368. The van der Waals surface area contributed by atoms with Crippen molar-refractivity contribution in [1.29, 1.82) is 0 Å². The Hall–Kier alpha value is -2.94. The lowest BCUT2D eigenvalue weighted by atomic mass is 10.1. The van der Waals surface area contributed by atoms with Gasteiger partial charge < -0.3 is 19.9 Å². The predicted molar refractivity (Wildman–Crippen MR) is 92.3 cm³/mol. The zero-order valence-electron chi connectivity index (χ0n) is 14.4. The molecule has 0 bridgehead atoms. The fourth-order valence-electron chi connectivity index (χ4n) is 2.37. The van der Waals surface area contributed by atoms with Gasteiger partial charge in [0, 0.05) is 18.7 Å². The Balaban J connectivity index is 1.93. The molecule has 9 heteroatoms. The summed E-state index contributed by atoms with van der Waals surface area (Å²) in [5.74, 6) is -2.42. The molecule has 0 aliphatic carbocycles. The number of ether oxygens (including phenoxy) is 2. The normalized spacial score (nSPS) is 16.4. The Bertz CT molecular complexity index is 698. The molecular formula is C17H21N3O6. The van der Waals surface area contributed by atoms with Crippen LogP contribution in [0, 0.1) is 0 Å². The molecule has 0 aromatic heterocycles. The topological polar surface area (TPSA) is 126 Å². The standard InChI is InChI=1S/C17H21N3O6/c1-2-25-14-6-5-11(17(23)24)8-12(14)9-19-20-16(22)15(21)18-10-13-4-3-7-26-13/h5-6,8-9,13H,2-4,7,10H2,1H3,(H,18,21)(H,20,22)(H,23,24)/b19-9-/t13-/m0/s1. The molecule has 0 unspecified atom stereocenters. The number of carbonyl (C=O) groups excluding carboxylic acids is 2. The van der Waals surface area contributed by atoms with Crippen LogP contribution < -0.4 is 15.5 Å². The van der Waals surface area contributed by atoms with Gasteiger partial charge in [0.05, 0.1) is 24.5 Å². The first kappa shape index (κ1) is 19.4. The largest absolute Gasteiger partial charge is 0.493 e. The third-order valence-electron chi connectivity index (χ3n) is 3.65. The molecule has 1 heterocycles. The van der Waals surface area contributed by atoms with E-state index in [4.69, 9.17) is 14.6 Å². The van der Waals surface area contributed by atoms with E-state index in [1.807, 2.05) is 0 Å². The molecule has 1 aliphatic heterocycles. The molecule has 0 radical (unpaired) electrons. The lowest BCUT2D eigenvalue weighted by Crippen LogP contribution is -2.41. The zero-order valence-corrected chi connectivity index (χ0v) is 14.4. The second-order valence-electron chi connectivity index (χ2n) is 5.53. The molecule has 9 nitrogen and oxygen atoms in total. The van der Waals surface area contributed by atoms with E-state index in [1.54, 1.807) is 6.92 Å². The molecule has 1 atom stereocenters. The summed E-state index contributed by atoms with van der Waals surface area (Å²) in [4.78, 5) is 34.5. The summed E-state index contributed by atoms with van der Waals surface area (Å²) in [6, 6.07) is 4.27. The number of aromatic carboxylic acids is 1. The molecule has 26 heavy (non-hydrogen) atoms. The number of carboxylic acid groups (broad SMARTS) is 1. The minimum absolute atomic E-state index is 0.0514. The Morgan fingerprint density at radius 3 is 2.85 bits per heavy atom. The van der Waals surface area contributed by atoms with Crippen LogP contribution in [0.4, 0.5) is 0 Å². The summed E-state index contributed by atoms with van der Waals surface area (Å²) in [5.41, 5.74) is 2.52. The van der Waals surface area contributed by atoms with E-state index in [0.717, 1.165) is 12.8 Å². The molecule has 2 rings (SSSR count). The summed E-state index contributed by atoms with van der Waals surface area (Å²) >= 11 is 0. The highest BCUT2D eigenvalue weighted by Gasteiger charge is 2.19. The number of benzene rings is 1. The van der Waals surface area contributed by atoms with Crippen molar-refractivity contribution in [2.24, 2.45) is 5.10 Å². The van der Waals surface area contributed by atoms with Crippen molar-refractivity contribution >= 4 is 24.0 Å². The first-order valence-electron chi connectivity index (χ1n) is 8.24. The van der Waals surface area contributed by atoms with Gasteiger partial charge in [-0.05, 0) is 38.0 Å². The number of rotatable bonds is 7. The van der Waals surface area contributed by atoms with E-state index in [1.165, 1.54) is 24.4 Å². The third-order valence-corrected chi connectivity index (χ3v) is 3.65. The van der Waals surface area contributed by atoms with Gasteiger partial charge in [0.2, 0.25) is 0 Å². The van der Waals surface area contributed by atoms with Gasteiger partial charge in [-0.1, -0.05) is 0 Å². The minimum atomic E-state index is -1.10. The van der Waals surface area contributed by atoms with E-state index >= 15 is 0 Å². The van der Waals surface area contributed by atoms with Crippen LogP contribution >= 0.6 is 0 Å². The number of hydrazone groups is 1. The van der Waals surface area contributed by atoms with Crippen molar-refractivity contribution in [3.63, 3.8) is 0 Å². The lowest BCUT2D eigenvalue weighted by molar-refractivity contribution is -0.139. The SMILES string of the molecule is CCOc1ccc(C(=O)O)cc1/C=N\NC(=O)C(=O)NC[C@@H]1CCCO1. The van der Waals surface area contributed by atoms with E-state index < -0.39 is 17.8 Å². The average molecular weight is 363 g/mol. The molecule has 0 saturated carbocycles. The highest BCUT2D eigenvalue weighted by atomic mass is 16.5. The molecular weight excluding hydrogens is 342 g/mol. The van der Waals surface area contributed by atoms with Crippen LogP contribution in [0.15, 0.2) is 23.3 Å². The molecule has 1 aromatic carbocycles.